The predicted octanol–water partition coefficient (Wildman–Crippen LogP) is 6.75. The van der Waals surface area contributed by atoms with Crippen LogP contribution in [-0.4, -0.2) is 14.2 Å². The van der Waals surface area contributed by atoms with Crippen molar-refractivity contribution in [1.82, 2.24) is 0 Å². The molecule has 0 unspecified atom stereocenters. The summed E-state index contributed by atoms with van der Waals surface area (Å²) >= 11 is 0. The Bertz CT molecular complexity index is 1060. The lowest BCUT2D eigenvalue weighted by Gasteiger charge is -2.20. The maximum atomic E-state index is 5.31. The first-order chi connectivity index (χ1) is 15.8. The maximum Gasteiger partial charge on any atom is 0.119 e. The average molecular weight is 423 g/mol. The molecule has 160 valence electrons. The van der Waals surface area contributed by atoms with Crippen molar-refractivity contribution in [2.75, 3.05) is 24.9 Å². The van der Waals surface area contributed by atoms with E-state index in [9.17, 15) is 0 Å². The molecule has 0 aliphatic rings. The Hall–Kier alpha value is -4.18. The third-order valence-electron chi connectivity index (χ3n) is 5.09. The van der Waals surface area contributed by atoms with Crippen molar-refractivity contribution in [3.05, 3.63) is 120 Å². The van der Waals surface area contributed by atoms with Gasteiger partial charge in [-0.3, -0.25) is 0 Å². The molecule has 4 heteroatoms. The number of nitrogens with one attached hydrogen (secondary N) is 2. The zero-order valence-electron chi connectivity index (χ0n) is 18.2. The monoisotopic (exact) mass is 422 g/mol. The molecule has 0 heterocycles. The third kappa shape index (κ3) is 5.10. The second-order valence-electron chi connectivity index (χ2n) is 7.19. The first kappa shape index (κ1) is 21.1. The molecule has 4 aromatic rings. The molecule has 0 saturated carbocycles. The van der Waals surface area contributed by atoms with E-state index in [1.54, 1.807) is 14.2 Å². The van der Waals surface area contributed by atoms with Gasteiger partial charge >= 0.3 is 0 Å². The van der Waals surface area contributed by atoms with Crippen LogP contribution in [0.4, 0.5) is 11.4 Å². The molecule has 0 amide bonds. The zero-order chi connectivity index (χ0) is 22.2. The van der Waals surface area contributed by atoms with Gasteiger partial charge in [0.05, 0.1) is 25.6 Å². The highest BCUT2D eigenvalue weighted by molar-refractivity contribution is 5.99. The summed E-state index contributed by atoms with van der Waals surface area (Å²) in [5, 5.41) is 7.25. The smallest absolute Gasteiger partial charge is 0.119 e. The van der Waals surface area contributed by atoms with Crippen LogP contribution >= 0.6 is 0 Å². The molecule has 4 aromatic carbocycles. The number of methoxy groups -OCH3 is 2. The van der Waals surface area contributed by atoms with Gasteiger partial charge in [0.1, 0.15) is 11.5 Å². The van der Waals surface area contributed by atoms with E-state index in [1.165, 1.54) is 0 Å². The van der Waals surface area contributed by atoms with Crippen molar-refractivity contribution in [3.63, 3.8) is 0 Å². The summed E-state index contributed by atoms with van der Waals surface area (Å²) in [5.74, 6) is 1.64. The Morgan fingerprint density at radius 2 is 0.812 bits per heavy atom. The van der Waals surface area contributed by atoms with Crippen molar-refractivity contribution < 1.29 is 9.47 Å². The minimum atomic E-state index is 0.820. The molecular weight excluding hydrogens is 396 g/mol. The van der Waals surface area contributed by atoms with Crippen molar-refractivity contribution >= 4 is 22.8 Å². The standard InChI is InChI=1S/C28H26N2O2/c1-31-25-17-13-23(14-18-25)29-27(21-9-5-3-6-10-21)28(22-11-7-4-8-12-22)30-24-15-19-26(32-2)20-16-24/h3-20,29-30H,1-2H3/b28-27+. The second kappa shape index (κ2) is 10.2. The molecule has 0 radical (unpaired) electrons. The molecule has 0 aromatic heterocycles. The fourth-order valence-electron chi connectivity index (χ4n) is 3.41. The molecule has 4 rings (SSSR count). The highest BCUT2D eigenvalue weighted by atomic mass is 16.5. The molecule has 0 spiro atoms. The summed E-state index contributed by atoms with van der Waals surface area (Å²) in [6.07, 6.45) is 0. The molecule has 2 N–H and O–H groups in total. The topological polar surface area (TPSA) is 42.5 Å². The number of benzene rings is 4. The highest BCUT2D eigenvalue weighted by Gasteiger charge is 2.13. The summed E-state index contributed by atoms with van der Waals surface area (Å²) < 4.78 is 10.6. The molecular formula is C28H26N2O2. The van der Waals surface area contributed by atoms with Gasteiger partial charge in [0.15, 0.2) is 0 Å². The van der Waals surface area contributed by atoms with Gasteiger partial charge in [0.25, 0.3) is 0 Å². The van der Waals surface area contributed by atoms with Crippen LogP contribution in [0, 0.1) is 0 Å². The van der Waals surface area contributed by atoms with Crippen LogP contribution < -0.4 is 20.1 Å². The maximum absolute atomic E-state index is 5.31. The van der Waals surface area contributed by atoms with Gasteiger partial charge in [-0.25, -0.2) is 0 Å². The van der Waals surface area contributed by atoms with Crippen molar-refractivity contribution in [3.8, 4) is 11.5 Å². The minimum absolute atomic E-state index is 0.820. The molecule has 0 bridgehead atoms. The normalized spacial score (nSPS) is 11.3. The van der Waals surface area contributed by atoms with Crippen LogP contribution in [-0.2, 0) is 0 Å². The average Bonchev–Trinajstić information content (AvgIpc) is 2.88. The Labute approximate surface area is 189 Å². The van der Waals surface area contributed by atoms with Crippen molar-refractivity contribution in [2.45, 2.75) is 0 Å². The number of rotatable bonds is 8. The molecule has 0 aliphatic carbocycles. The molecule has 0 saturated heterocycles. The van der Waals surface area contributed by atoms with Crippen molar-refractivity contribution in [1.29, 1.82) is 0 Å². The number of hydrogen-bond acceptors (Lipinski definition) is 4. The van der Waals surface area contributed by atoms with Crippen LogP contribution in [0.15, 0.2) is 109 Å². The Balaban J connectivity index is 1.83. The minimum Gasteiger partial charge on any atom is -0.497 e. The largest absolute Gasteiger partial charge is 0.497 e. The lowest BCUT2D eigenvalue weighted by molar-refractivity contribution is 0.415. The van der Waals surface area contributed by atoms with Gasteiger partial charge in [0.2, 0.25) is 0 Å². The van der Waals surface area contributed by atoms with Gasteiger partial charge in [-0.2, -0.15) is 0 Å². The van der Waals surface area contributed by atoms with E-state index < -0.39 is 0 Å². The first-order valence-corrected chi connectivity index (χ1v) is 10.4. The van der Waals surface area contributed by atoms with Crippen LogP contribution in [0.5, 0.6) is 11.5 Å². The van der Waals surface area contributed by atoms with Crippen LogP contribution in [0.2, 0.25) is 0 Å². The number of ether oxygens (including phenoxy) is 2. The van der Waals surface area contributed by atoms with Crippen LogP contribution in [0.25, 0.3) is 11.4 Å². The van der Waals surface area contributed by atoms with Gasteiger partial charge in [0, 0.05) is 22.5 Å². The summed E-state index contributed by atoms with van der Waals surface area (Å²) in [6, 6.07) is 36.5. The predicted molar refractivity (Wildman–Crippen MR) is 133 cm³/mol. The fourth-order valence-corrected chi connectivity index (χ4v) is 3.41. The van der Waals surface area contributed by atoms with Crippen LogP contribution in [0.3, 0.4) is 0 Å². The third-order valence-corrected chi connectivity index (χ3v) is 5.09. The molecule has 0 fully saturated rings. The second-order valence-corrected chi connectivity index (χ2v) is 7.19. The number of anilines is 2. The van der Waals surface area contributed by atoms with Crippen molar-refractivity contribution in [2.24, 2.45) is 0 Å². The van der Waals surface area contributed by atoms with Gasteiger partial charge in [-0.05, 0) is 48.5 Å². The lowest BCUT2D eigenvalue weighted by Crippen LogP contribution is -2.09. The van der Waals surface area contributed by atoms with Gasteiger partial charge in [-0.1, -0.05) is 60.7 Å². The number of hydrogen-bond donors (Lipinski definition) is 2. The summed E-state index contributed by atoms with van der Waals surface area (Å²) in [6.45, 7) is 0. The van der Waals surface area contributed by atoms with E-state index in [0.717, 1.165) is 45.4 Å². The van der Waals surface area contributed by atoms with Gasteiger partial charge < -0.3 is 20.1 Å². The Kier molecular flexibility index (Phi) is 6.73. The van der Waals surface area contributed by atoms with E-state index in [1.807, 2.05) is 84.9 Å². The van der Waals surface area contributed by atoms with E-state index in [0.29, 0.717) is 0 Å². The molecule has 32 heavy (non-hydrogen) atoms. The SMILES string of the molecule is COc1ccc(N/C(=C(/Nc2ccc(OC)cc2)c2ccccc2)c2ccccc2)cc1. The van der Waals surface area contributed by atoms with E-state index in [-0.39, 0.29) is 0 Å². The van der Waals surface area contributed by atoms with E-state index in [4.69, 9.17) is 9.47 Å². The van der Waals surface area contributed by atoms with Crippen LogP contribution in [0.1, 0.15) is 11.1 Å². The summed E-state index contributed by atoms with van der Waals surface area (Å²) in [4.78, 5) is 0. The molecule has 0 aliphatic heterocycles. The van der Waals surface area contributed by atoms with Gasteiger partial charge in [-0.15, -0.1) is 0 Å². The summed E-state index contributed by atoms with van der Waals surface area (Å²) in [5.41, 5.74) is 6.02. The quantitative estimate of drug-likeness (QED) is 0.308. The molecule has 4 nitrogen and oxygen atoms in total. The summed E-state index contributed by atoms with van der Waals surface area (Å²) in [7, 11) is 3.34. The Morgan fingerprint density at radius 3 is 1.12 bits per heavy atom. The lowest BCUT2D eigenvalue weighted by atomic mass is 10.0. The van der Waals surface area contributed by atoms with E-state index in [2.05, 4.69) is 34.9 Å². The Morgan fingerprint density at radius 1 is 0.469 bits per heavy atom. The molecule has 0 atom stereocenters. The first-order valence-electron chi connectivity index (χ1n) is 10.4. The zero-order valence-corrected chi connectivity index (χ0v) is 18.2. The fraction of sp³-hybridized carbons (Fsp3) is 0.0714. The van der Waals surface area contributed by atoms with E-state index >= 15 is 0 Å². The highest BCUT2D eigenvalue weighted by Crippen LogP contribution is 2.30.